The lowest BCUT2D eigenvalue weighted by atomic mass is 9.77. The van der Waals surface area contributed by atoms with Gasteiger partial charge in [0.25, 0.3) is 0 Å². The predicted molar refractivity (Wildman–Crippen MR) is 61.1 cm³/mol. The number of benzene rings is 1. The first-order valence-corrected chi connectivity index (χ1v) is 5.66. The van der Waals surface area contributed by atoms with Gasteiger partial charge in [0.15, 0.2) is 0 Å². The van der Waals surface area contributed by atoms with Gasteiger partial charge in [-0.05, 0) is 11.6 Å². The zero-order valence-electron chi connectivity index (χ0n) is 9.27. The summed E-state index contributed by atoms with van der Waals surface area (Å²) >= 11 is 0. The fraction of sp³-hybridized carbons (Fsp3) is 0.455. The van der Waals surface area contributed by atoms with Gasteiger partial charge >= 0.3 is 7.12 Å². The molecule has 2 aliphatic rings. The highest BCUT2D eigenvalue weighted by atomic mass is 19.1. The van der Waals surface area contributed by atoms with Crippen molar-refractivity contribution in [3.05, 3.63) is 23.8 Å². The molecule has 4 nitrogen and oxygen atoms in total. The number of hydrogen-bond donors (Lipinski definition) is 1. The van der Waals surface area contributed by atoms with Gasteiger partial charge in [-0.2, -0.15) is 0 Å². The molecule has 0 amide bonds. The quantitative estimate of drug-likeness (QED) is 0.744. The van der Waals surface area contributed by atoms with Crippen LogP contribution in [0.1, 0.15) is 11.7 Å². The molecule has 0 spiro atoms. The highest BCUT2D eigenvalue weighted by Gasteiger charge is 2.42. The van der Waals surface area contributed by atoms with E-state index in [-0.39, 0.29) is 12.7 Å². The van der Waals surface area contributed by atoms with Gasteiger partial charge in [0.05, 0.1) is 6.10 Å². The standard InChI is InChI=1S/C11H13BFNO3/c13-4-7-6-15-9-3-1-2-8-10(5-14)17-12(16-7)11(8)9/h1-3,7,10H,4-6,14H2/t7-,10-/m1/s1. The Balaban J connectivity index is 2.02. The van der Waals surface area contributed by atoms with Crippen LogP contribution in [0.2, 0.25) is 0 Å². The van der Waals surface area contributed by atoms with Crippen molar-refractivity contribution in [1.29, 1.82) is 0 Å². The molecule has 0 aromatic heterocycles. The van der Waals surface area contributed by atoms with E-state index in [1.165, 1.54) is 0 Å². The van der Waals surface area contributed by atoms with Gasteiger partial charge in [-0.1, -0.05) is 12.1 Å². The van der Waals surface area contributed by atoms with E-state index in [4.69, 9.17) is 19.8 Å². The van der Waals surface area contributed by atoms with Crippen LogP contribution >= 0.6 is 0 Å². The third-order valence-corrected chi connectivity index (χ3v) is 3.10. The summed E-state index contributed by atoms with van der Waals surface area (Å²) in [5, 5.41) is 0. The first kappa shape index (κ1) is 11.0. The Morgan fingerprint density at radius 1 is 1.41 bits per heavy atom. The normalized spacial score (nSPS) is 26.4. The summed E-state index contributed by atoms with van der Waals surface area (Å²) < 4.78 is 29.5. The van der Waals surface area contributed by atoms with Crippen molar-refractivity contribution in [3.63, 3.8) is 0 Å². The second-order valence-corrected chi connectivity index (χ2v) is 4.17. The van der Waals surface area contributed by atoms with Crippen molar-refractivity contribution in [3.8, 4) is 5.75 Å². The molecule has 1 aromatic carbocycles. The van der Waals surface area contributed by atoms with Crippen LogP contribution < -0.4 is 15.9 Å². The summed E-state index contributed by atoms with van der Waals surface area (Å²) in [5.74, 6) is 0.708. The number of ether oxygens (including phenoxy) is 1. The zero-order chi connectivity index (χ0) is 11.8. The van der Waals surface area contributed by atoms with E-state index in [1.54, 1.807) is 0 Å². The maximum atomic E-state index is 12.7. The van der Waals surface area contributed by atoms with Crippen molar-refractivity contribution in [1.82, 2.24) is 0 Å². The third kappa shape index (κ3) is 1.72. The van der Waals surface area contributed by atoms with E-state index in [1.807, 2.05) is 18.2 Å². The second-order valence-electron chi connectivity index (χ2n) is 4.17. The van der Waals surface area contributed by atoms with Crippen LogP contribution in [-0.2, 0) is 9.31 Å². The Kier molecular flexibility index (Phi) is 2.78. The number of rotatable bonds is 2. The zero-order valence-corrected chi connectivity index (χ0v) is 9.27. The molecule has 3 rings (SSSR count). The molecule has 2 heterocycles. The van der Waals surface area contributed by atoms with E-state index < -0.39 is 19.9 Å². The van der Waals surface area contributed by atoms with Crippen LogP contribution in [0, 0.1) is 0 Å². The topological polar surface area (TPSA) is 53.7 Å². The molecule has 0 fully saturated rings. The van der Waals surface area contributed by atoms with Crippen LogP contribution in [-0.4, -0.2) is 33.0 Å². The molecule has 6 heteroatoms. The minimum atomic E-state index is -0.587. The van der Waals surface area contributed by atoms with Gasteiger partial charge in [0.1, 0.15) is 25.1 Å². The lowest BCUT2D eigenvalue weighted by Gasteiger charge is -2.16. The fourth-order valence-corrected chi connectivity index (χ4v) is 2.27. The number of nitrogens with two attached hydrogens (primary N) is 1. The summed E-state index contributed by atoms with van der Waals surface area (Å²) in [6.45, 7) is -0.00676. The molecule has 0 bridgehead atoms. The average molecular weight is 237 g/mol. The maximum absolute atomic E-state index is 12.7. The smallest absolute Gasteiger partial charge is 0.491 e. The molecular weight excluding hydrogens is 224 g/mol. The fourth-order valence-electron chi connectivity index (χ4n) is 2.27. The van der Waals surface area contributed by atoms with E-state index >= 15 is 0 Å². The molecule has 1 aromatic rings. The minimum Gasteiger partial charge on any atom is -0.491 e. The van der Waals surface area contributed by atoms with Crippen molar-refractivity contribution < 1.29 is 18.4 Å². The monoisotopic (exact) mass is 237 g/mol. The molecule has 0 saturated heterocycles. The Morgan fingerprint density at radius 2 is 2.29 bits per heavy atom. The summed E-state index contributed by atoms with van der Waals surface area (Å²) in [5.41, 5.74) is 7.49. The molecule has 2 N–H and O–H groups in total. The van der Waals surface area contributed by atoms with E-state index in [9.17, 15) is 4.39 Å². The summed E-state index contributed by atoms with van der Waals surface area (Å²) in [7, 11) is -0.557. The molecular formula is C11H13BFNO3. The third-order valence-electron chi connectivity index (χ3n) is 3.10. The van der Waals surface area contributed by atoms with Gasteiger partial charge in [-0.25, -0.2) is 4.39 Å². The molecule has 2 aliphatic heterocycles. The molecule has 0 aliphatic carbocycles. The lowest BCUT2D eigenvalue weighted by Crippen LogP contribution is -2.36. The van der Waals surface area contributed by atoms with Crippen LogP contribution in [0.15, 0.2) is 18.2 Å². The summed E-state index contributed by atoms with van der Waals surface area (Å²) in [6.07, 6.45) is -0.784. The van der Waals surface area contributed by atoms with E-state index in [2.05, 4.69) is 0 Å². The molecule has 0 unspecified atom stereocenters. The Bertz CT molecular complexity index is 431. The molecule has 2 atom stereocenters. The van der Waals surface area contributed by atoms with E-state index in [0.29, 0.717) is 12.3 Å². The van der Waals surface area contributed by atoms with Crippen molar-refractivity contribution in [2.75, 3.05) is 19.8 Å². The number of halogens is 1. The summed E-state index contributed by atoms with van der Waals surface area (Å²) in [6, 6.07) is 5.68. The summed E-state index contributed by atoms with van der Waals surface area (Å²) in [4.78, 5) is 0. The Morgan fingerprint density at radius 3 is 3.06 bits per heavy atom. The molecule has 0 radical (unpaired) electrons. The van der Waals surface area contributed by atoms with Gasteiger partial charge in [-0.15, -0.1) is 0 Å². The molecule has 17 heavy (non-hydrogen) atoms. The molecule has 0 saturated carbocycles. The second kappa shape index (κ2) is 4.29. The van der Waals surface area contributed by atoms with Gasteiger partial charge in [-0.3, -0.25) is 0 Å². The van der Waals surface area contributed by atoms with Gasteiger partial charge < -0.3 is 19.8 Å². The SMILES string of the molecule is NC[C@H]1OB2O[C@H](CF)COc3cccc1c32. The Hall–Kier alpha value is -1.11. The van der Waals surface area contributed by atoms with Gasteiger partial charge in [0.2, 0.25) is 0 Å². The Labute approximate surface area is 99.0 Å². The van der Waals surface area contributed by atoms with Crippen molar-refractivity contribution >= 4 is 12.6 Å². The van der Waals surface area contributed by atoms with Crippen LogP contribution in [0.4, 0.5) is 4.39 Å². The predicted octanol–water partition coefficient (Wildman–Crippen LogP) is 0.159. The molecule has 90 valence electrons. The highest BCUT2D eigenvalue weighted by Crippen LogP contribution is 2.30. The minimum absolute atomic E-state index is 0.197. The van der Waals surface area contributed by atoms with Crippen molar-refractivity contribution in [2.24, 2.45) is 5.73 Å². The largest absolute Gasteiger partial charge is 0.498 e. The number of alkyl halides is 1. The lowest BCUT2D eigenvalue weighted by molar-refractivity contribution is 0.0739. The van der Waals surface area contributed by atoms with Crippen molar-refractivity contribution in [2.45, 2.75) is 12.2 Å². The number of hydrogen-bond acceptors (Lipinski definition) is 4. The average Bonchev–Trinajstić information content (AvgIpc) is 2.61. The highest BCUT2D eigenvalue weighted by molar-refractivity contribution is 6.64. The first-order valence-electron chi connectivity index (χ1n) is 5.66. The van der Waals surface area contributed by atoms with Crippen LogP contribution in [0.3, 0.4) is 0 Å². The van der Waals surface area contributed by atoms with Crippen LogP contribution in [0.25, 0.3) is 0 Å². The first-order chi connectivity index (χ1) is 8.33. The van der Waals surface area contributed by atoms with Crippen LogP contribution in [0.5, 0.6) is 5.75 Å². The van der Waals surface area contributed by atoms with E-state index in [0.717, 1.165) is 11.0 Å². The van der Waals surface area contributed by atoms with Gasteiger partial charge in [0, 0.05) is 12.0 Å². The maximum Gasteiger partial charge on any atom is 0.498 e.